The van der Waals surface area contributed by atoms with Gasteiger partial charge in [-0.3, -0.25) is 4.68 Å². The summed E-state index contributed by atoms with van der Waals surface area (Å²) in [5.74, 6) is 0.159. The van der Waals surface area contributed by atoms with Gasteiger partial charge in [-0.25, -0.2) is 4.98 Å². The van der Waals surface area contributed by atoms with Crippen molar-refractivity contribution < 1.29 is 0 Å². The van der Waals surface area contributed by atoms with E-state index in [1.54, 1.807) is 12.4 Å². The Hall–Kier alpha value is -2.14. The molecule has 0 saturated heterocycles. The monoisotopic (exact) mass is 386 g/mol. The molecule has 1 atom stereocenters. The summed E-state index contributed by atoms with van der Waals surface area (Å²) in [6.07, 6.45) is 7.47. The molecule has 3 aromatic rings. The summed E-state index contributed by atoms with van der Waals surface area (Å²) in [5.41, 5.74) is 2.24. The zero-order valence-corrected chi connectivity index (χ0v) is 15.7. The zero-order chi connectivity index (χ0) is 18.2. The molecule has 1 aromatic heterocycles. The maximum absolute atomic E-state index is 6.41. The van der Waals surface area contributed by atoms with E-state index in [9.17, 15) is 0 Å². The lowest BCUT2D eigenvalue weighted by Gasteiger charge is -2.19. The summed E-state index contributed by atoms with van der Waals surface area (Å²) in [6.45, 7) is 2.23. The number of halogens is 2. The van der Waals surface area contributed by atoms with Crippen LogP contribution < -0.4 is 5.32 Å². The van der Waals surface area contributed by atoms with E-state index in [1.165, 1.54) is 11.9 Å². The lowest BCUT2D eigenvalue weighted by molar-refractivity contribution is 0.490. The molecule has 3 rings (SSSR count). The molecule has 0 bridgehead atoms. The number of hydrogen-bond acceptors (Lipinski definition) is 3. The van der Waals surface area contributed by atoms with Gasteiger partial charge in [-0.1, -0.05) is 71.8 Å². The maximum Gasteiger partial charge on any atom is 0.137 e. The highest BCUT2D eigenvalue weighted by Crippen LogP contribution is 2.28. The Bertz CT molecular complexity index is 832. The summed E-state index contributed by atoms with van der Waals surface area (Å²) in [5, 5.41) is 8.98. The Labute approximate surface area is 163 Å². The first kappa shape index (κ1) is 18.6. The van der Waals surface area contributed by atoms with Crippen LogP contribution in [0.5, 0.6) is 0 Å². The Kier molecular flexibility index (Phi) is 6.83. The van der Waals surface area contributed by atoms with Gasteiger partial charge in [0.05, 0.1) is 6.54 Å². The molecule has 134 valence electrons. The van der Waals surface area contributed by atoms with Gasteiger partial charge in [0.15, 0.2) is 0 Å². The molecule has 0 amide bonds. The van der Waals surface area contributed by atoms with Gasteiger partial charge >= 0.3 is 0 Å². The molecular weight excluding hydrogens is 367 g/mol. The van der Waals surface area contributed by atoms with Crippen LogP contribution in [0.4, 0.5) is 0 Å². The van der Waals surface area contributed by atoms with Crippen molar-refractivity contribution in [3.63, 3.8) is 0 Å². The molecule has 0 fully saturated rings. The van der Waals surface area contributed by atoms with Crippen molar-refractivity contribution in [1.82, 2.24) is 20.1 Å². The normalized spacial score (nSPS) is 12.5. The van der Waals surface area contributed by atoms with Crippen molar-refractivity contribution in [2.45, 2.75) is 12.5 Å². The third-order valence-electron chi connectivity index (χ3n) is 4.04. The van der Waals surface area contributed by atoms with Gasteiger partial charge in [0.2, 0.25) is 0 Å². The average molecular weight is 387 g/mol. The lowest BCUT2D eigenvalue weighted by Crippen LogP contribution is -2.25. The van der Waals surface area contributed by atoms with E-state index in [4.69, 9.17) is 23.2 Å². The highest BCUT2D eigenvalue weighted by Gasteiger charge is 2.16. The van der Waals surface area contributed by atoms with E-state index < -0.39 is 0 Å². The molecule has 0 saturated carbocycles. The molecule has 1 heterocycles. The van der Waals surface area contributed by atoms with Gasteiger partial charge < -0.3 is 5.32 Å². The number of nitrogens with one attached hydrogen (secondary N) is 1. The molecule has 1 N–H and O–H groups in total. The molecule has 1 unspecified atom stereocenters. The minimum atomic E-state index is 0.159. The summed E-state index contributed by atoms with van der Waals surface area (Å²) < 4.78 is 1.82. The highest BCUT2D eigenvalue weighted by molar-refractivity contribution is 6.35. The van der Waals surface area contributed by atoms with Gasteiger partial charge in [-0.05, 0) is 23.3 Å². The standard InChI is InChI=1S/C20H20Cl2N4/c21-18-8-9-19(20(22)11-18)17(13-26-15-24-14-25-26)12-23-10-4-7-16-5-2-1-3-6-16/h1-9,11,14-15,17,23H,10,12-13H2/b7-4+. The Morgan fingerprint density at radius 3 is 2.69 bits per heavy atom. The van der Waals surface area contributed by atoms with Crippen molar-refractivity contribution in [3.05, 3.63) is 88.4 Å². The molecule has 4 nitrogen and oxygen atoms in total. The van der Waals surface area contributed by atoms with Gasteiger partial charge in [-0.2, -0.15) is 5.10 Å². The third kappa shape index (κ3) is 5.43. The number of aromatic nitrogens is 3. The fraction of sp³-hybridized carbons (Fsp3) is 0.200. The predicted octanol–water partition coefficient (Wildman–Crippen LogP) is 4.67. The van der Waals surface area contributed by atoms with Crippen LogP contribution in [0.25, 0.3) is 6.08 Å². The second-order valence-corrected chi connectivity index (χ2v) is 6.80. The van der Waals surface area contributed by atoms with Crippen molar-refractivity contribution in [3.8, 4) is 0 Å². The number of rotatable bonds is 8. The number of hydrogen-bond donors (Lipinski definition) is 1. The van der Waals surface area contributed by atoms with Crippen molar-refractivity contribution in [2.24, 2.45) is 0 Å². The average Bonchev–Trinajstić information content (AvgIpc) is 3.15. The van der Waals surface area contributed by atoms with Crippen LogP contribution in [0.15, 0.2) is 67.3 Å². The predicted molar refractivity (Wildman–Crippen MR) is 108 cm³/mol. The first-order valence-electron chi connectivity index (χ1n) is 8.42. The van der Waals surface area contributed by atoms with Crippen molar-refractivity contribution in [1.29, 1.82) is 0 Å². The Morgan fingerprint density at radius 2 is 1.96 bits per heavy atom. The van der Waals surface area contributed by atoms with E-state index in [-0.39, 0.29) is 5.92 Å². The van der Waals surface area contributed by atoms with Crippen LogP contribution in [0.2, 0.25) is 10.0 Å². The van der Waals surface area contributed by atoms with Crippen molar-refractivity contribution >= 4 is 29.3 Å². The summed E-state index contributed by atoms with van der Waals surface area (Å²) in [4.78, 5) is 4.01. The zero-order valence-electron chi connectivity index (χ0n) is 14.2. The van der Waals surface area contributed by atoms with Gasteiger partial charge in [-0.15, -0.1) is 0 Å². The third-order valence-corrected chi connectivity index (χ3v) is 4.60. The fourth-order valence-corrected chi connectivity index (χ4v) is 3.32. The SMILES string of the molecule is Clc1ccc(C(CNC/C=C/c2ccccc2)Cn2cncn2)c(Cl)c1. The van der Waals surface area contributed by atoms with Crippen LogP contribution in [0.3, 0.4) is 0 Å². The van der Waals surface area contributed by atoms with Crippen LogP contribution in [-0.4, -0.2) is 27.9 Å². The largest absolute Gasteiger partial charge is 0.313 e. The number of nitrogens with zero attached hydrogens (tertiary/aromatic N) is 3. The summed E-state index contributed by atoms with van der Waals surface area (Å²) in [7, 11) is 0. The van der Waals surface area contributed by atoms with Crippen LogP contribution in [-0.2, 0) is 6.54 Å². The van der Waals surface area contributed by atoms with E-state index >= 15 is 0 Å². The summed E-state index contributed by atoms with van der Waals surface area (Å²) >= 11 is 12.4. The van der Waals surface area contributed by atoms with Gasteiger partial charge in [0.1, 0.15) is 12.7 Å². The molecule has 0 aliphatic carbocycles. The van der Waals surface area contributed by atoms with Crippen molar-refractivity contribution in [2.75, 3.05) is 13.1 Å². The van der Waals surface area contributed by atoms with E-state index in [1.807, 2.05) is 35.0 Å². The minimum Gasteiger partial charge on any atom is -0.313 e. The first-order chi connectivity index (χ1) is 12.7. The molecule has 0 spiro atoms. The molecular formula is C20H20Cl2N4. The second kappa shape index (κ2) is 9.53. The topological polar surface area (TPSA) is 42.7 Å². The molecule has 2 aromatic carbocycles. The van der Waals surface area contributed by atoms with Gasteiger partial charge in [0, 0.05) is 29.1 Å². The van der Waals surface area contributed by atoms with Crippen LogP contribution in [0, 0.1) is 0 Å². The van der Waals surface area contributed by atoms with E-state index in [2.05, 4.69) is 39.7 Å². The quantitative estimate of drug-likeness (QED) is 0.571. The van der Waals surface area contributed by atoms with Crippen LogP contribution >= 0.6 is 23.2 Å². The Balaban J connectivity index is 1.63. The highest BCUT2D eigenvalue weighted by atomic mass is 35.5. The fourth-order valence-electron chi connectivity index (χ4n) is 2.76. The number of benzene rings is 2. The molecule has 0 aliphatic rings. The molecule has 0 aliphatic heterocycles. The Morgan fingerprint density at radius 1 is 1.12 bits per heavy atom. The maximum atomic E-state index is 6.41. The lowest BCUT2D eigenvalue weighted by atomic mass is 9.99. The molecule has 6 heteroatoms. The van der Waals surface area contributed by atoms with Gasteiger partial charge in [0.25, 0.3) is 0 Å². The first-order valence-corrected chi connectivity index (χ1v) is 9.17. The smallest absolute Gasteiger partial charge is 0.137 e. The van der Waals surface area contributed by atoms with Crippen LogP contribution in [0.1, 0.15) is 17.0 Å². The summed E-state index contributed by atoms with van der Waals surface area (Å²) in [6, 6.07) is 15.9. The minimum absolute atomic E-state index is 0.159. The molecule has 0 radical (unpaired) electrons. The molecule has 26 heavy (non-hydrogen) atoms. The second-order valence-electron chi connectivity index (χ2n) is 5.95. The van der Waals surface area contributed by atoms with E-state index in [0.717, 1.165) is 18.7 Å². The van der Waals surface area contributed by atoms with E-state index in [0.29, 0.717) is 16.6 Å².